The Kier molecular flexibility index (Phi) is 5.02. The Morgan fingerprint density at radius 1 is 0.962 bits per heavy atom. The van der Waals surface area contributed by atoms with Crippen LogP contribution in [0.5, 0.6) is 0 Å². The maximum atomic E-state index is 12.1. The van der Waals surface area contributed by atoms with Crippen molar-refractivity contribution in [3.8, 4) is 0 Å². The number of carbonyl (C=O) groups excluding carboxylic acids is 2. The van der Waals surface area contributed by atoms with Crippen molar-refractivity contribution in [1.29, 1.82) is 0 Å². The van der Waals surface area contributed by atoms with Gasteiger partial charge in [-0.05, 0) is 42.7 Å². The van der Waals surface area contributed by atoms with Crippen molar-refractivity contribution in [1.82, 2.24) is 20.4 Å². The van der Waals surface area contributed by atoms with Gasteiger partial charge in [0.1, 0.15) is 5.82 Å². The zero-order valence-electron chi connectivity index (χ0n) is 15.2. The monoisotopic (exact) mass is 350 g/mol. The number of imidazole rings is 1. The van der Waals surface area contributed by atoms with Gasteiger partial charge in [0, 0.05) is 7.05 Å². The van der Waals surface area contributed by atoms with Gasteiger partial charge < -0.3 is 4.57 Å². The number of para-hydroxylation sites is 2. The van der Waals surface area contributed by atoms with E-state index in [1.165, 1.54) is 5.56 Å². The van der Waals surface area contributed by atoms with Crippen molar-refractivity contribution in [2.75, 3.05) is 0 Å². The number of rotatable bonds is 4. The molecule has 134 valence electrons. The van der Waals surface area contributed by atoms with Crippen molar-refractivity contribution in [3.63, 3.8) is 0 Å². The molecule has 0 fully saturated rings. The lowest BCUT2D eigenvalue weighted by atomic mass is 10.0. The van der Waals surface area contributed by atoms with Gasteiger partial charge in [0.2, 0.25) is 11.8 Å². The van der Waals surface area contributed by atoms with Gasteiger partial charge in [-0.1, -0.05) is 30.3 Å². The molecule has 0 aliphatic rings. The number of hydrazine groups is 1. The van der Waals surface area contributed by atoms with E-state index in [0.29, 0.717) is 5.82 Å². The first-order valence-corrected chi connectivity index (χ1v) is 8.48. The number of amides is 2. The summed E-state index contributed by atoms with van der Waals surface area (Å²) in [6.45, 7) is 4.04. The van der Waals surface area contributed by atoms with Crippen molar-refractivity contribution in [2.24, 2.45) is 7.05 Å². The number of carbonyl (C=O) groups is 2. The van der Waals surface area contributed by atoms with Gasteiger partial charge in [0.25, 0.3) is 0 Å². The van der Waals surface area contributed by atoms with Crippen LogP contribution in [0.25, 0.3) is 11.0 Å². The van der Waals surface area contributed by atoms with Crippen LogP contribution in [0.1, 0.15) is 22.5 Å². The molecule has 0 radical (unpaired) electrons. The fourth-order valence-electron chi connectivity index (χ4n) is 2.82. The number of fused-ring (bicyclic) bond motifs is 1. The largest absolute Gasteiger partial charge is 0.331 e. The van der Waals surface area contributed by atoms with Crippen LogP contribution in [0.15, 0.2) is 42.5 Å². The van der Waals surface area contributed by atoms with Crippen molar-refractivity contribution in [3.05, 3.63) is 65.0 Å². The van der Waals surface area contributed by atoms with Gasteiger partial charge in [-0.25, -0.2) is 4.98 Å². The highest BCUT2D eigenvalue weighted by molar-refractivity contribution is 5.85. The smallest absolute Gasteiger partial charge is 0.245 e. The van der Waals surface area contributed by atoms with E-state index in [1.807, 2.05) is 67.9 Å². The van der Waals surface area contributed by atoms with Crippen LogP contribution in [0.2, 0.25) is 0 Å². The number of benzene rings is 2. The molecule has 0 bridgehead atoms. The highest BCUT2D eigenvalue weighted by atomic mass is 16.2. The Balaban J connectivity index is 1.55. The van der Waals surface area contributed by atoms with E-state index in [4.69, 9.17) is 0 Å². The molecule has 0 saturated heterocycles. The zero-order valence-corrected chi connectivity index (χ0v) is 15.2. The van der Waals surface area contributed by atoms with E-state index in [0.717, 1.165) is 22.2 Å². The molecule has 2 N–H and O–H groups in total. The van der Waals surface area contributed by atoms with Crippen LogP contribution in [0.3, 0.4) is 0 Å². The van der Waals surface area contributed by atoms with E-state index < -0.39 is 0 Å². The molecule has 6 heteroatoms. The van der Waals surface area contributed by atoms with Gasteiger partial charge in [-0.2, -0.15) is 0 Å². The molecule has 1 aromatic heterocycles. The number of aryl methyl sites for hydroxylation is 3. The summed E-state index contributed by atoms with van der Waals surface area (Å²) in [5, 5.41) is 0. The molecule has 0 spiro atoms. The van der Waals surface area contributed by atoms with Gasteiger partial charge in [-0.3, -0.25) is 20.4 Å². The highest BCUT2D eigenvalue weighted by Crippen LogP contribution is 2.14. The van der Waals surface area contributed by atoms with Crippen LogP contribution < -0.4 is 10.9 Å². The predicted octanol–water partition coefficient (Wildman–Crippen LogP) is 2.12. The van der Waals surface area contributed by atoms with Crippen LogP contribution in [0.4, 0.5) is 0 Å². The number of aromatic nitrogens is 2. The van der Waals surface area contributed by atoms with E-state index in [-0.39, 0.29) is 24.7 Å². The normalized spacial score (nSPS) is 10.7. The standard InChI is InChI=1S/C20H22N4O2/c1-13-8-9-15(10-14(13)2)11-19(25)22-23-20(26)12-18-21-16-6-4-5-7-17(16)24(18)3/h4-10H,11-12H2,1-3H3,(H,22,25)(H,23,26). The maximum Gasteiger partial charge on any atom is 0.245 e. The Morgan fingerprint density at radius 3 is 2.35 bits per heavy atom. The topological polar surface area (TPSA) is 76.0 Å². The predicted molar refractivity (Wildman–Crippen MR) is 100 cm³/mol. The molecule has 0 saturated carbocycles. The molecule has 2 amide bonds. The minimum atomic E-state index is -0.308. The number of nitrogens with zero attached hydrogens (tertiary/aromatic N) is 2. The van der Waals surface area contributed by atoms with Crippen molar-refractivity contribution in [2.45, 2.75) is 26.7 Å². The SMILES string of the molecule is Cc1ccc(CC(=O)NNC(=O)Cc2nc3ccccc3n2C)cc1C. The van der Waals surface area contributed by atoms with Gasteiger partial charge >= 0.3 is 0 Å². The second-order valence-electron chi connectivity index (χ2n) is 6.44. The third-order valence-corrected chi connectivity index (χ3v) is 4.48. The molecule has 1 heterocycles. The molecule has 3 rings (SSSR count). The summed E-state index contributed by atoms with van der Waals surface area (Å²) >= 11 is 0. The van der Waals surface area contributed by atoms with E-state index in [9.17, 15) is 9.59 Å². The Labute approximate surface area is 152 Å². The van der Waals surface area contributed by atoms with E-state index >= 15 is 0 Å². The van der Waals surface area contributed by atoms with Gasteiger partial charge in [0.05, 0.1) is 23.9 Å². The summed E-state index contributed by atoms with van der Waals surface area (Å²) in [7, 11) is 1.87. The van der Waals surface area contributed by atoms with Crippen LogP contribution in [-0.4, -0.2) is 21.4 Å². The summed E-state index contributed by atoms with van der Waals surface area (Å²) in [5.41, 5.74) is 9.97. The molecule has 26 heavy (non-hydrogen) atoms. The van der Waals surface area contributed by atoms with Crippen LogP contribution in [-0.2, 0) is 29.5 Å². The molecule has 0 unspecified atom stereocenters. The van der Waals surface area contributed by atoms with Crippen molar-refractivity contribution < 1.29 is 9.59 Å². The average molecular weight is 350 g/mol. The quantitative estimate of drug-likeness (QED) is 0.708. The molecular weight excluding hydrogens is 328 g/mol. The van der Waals surface area contributed by atoms with Gasteiger partial charge in [-0.15, -0.1) is 0 Å². The first-order valence-electron chi connectivity index (χ1n) is 8.48. The van der Waals surface area contributed by atoms with Crippen LogP contribution >= 0.6 is 0 Å². The molecular formula is C20H22N4O2. The third kappa shape index (κ3) is 3.91. The second kappa shape index (κ2) is 7.39. The Bertz CT molecular complexity index is 975. The first-order chi connectivity index (χ1) is 12.4. The summed E-state index contributed by atoms with van der Waals surface area (Å²) in [6.07, 6.45) is 0.308. The molecule has 2 aromatic carbocycles. The molecule has 6 nitrogen and oxygen atoms in total. The Morgan fingerprint density at radius 2 is 1.65 bits per heavy atom. The summed E-state index contributed by atoms with van der Waals surface area (Å²) in [6, 6.07) is 13.6. The summed E-state index contributed by atoms with van der Waals surface area (Å²) in [5.74, 6) is 0.0792. The van der Waals surface area contributed by atoms with Gasteiger partial charge in [0.15, 0.2) is 0 Å². The van der Waals surface area contributed by atoms with E-state index in [1.54, 1.807) is 0 Å². The maximum absolute atomic E-state index is 12.1. The van der Waals surface area contributed by atoms with Crippen LogP contribution in [0, 0.1) is 13.8 Å². The average Bonchev–Trinajstić information content (AvgIpc) is 2.92. The number of hydrogen-bond acceptors (Lipinski definition) is 3. The minimum Gasteiger partial charge on any atom is -0.331 e. The first kappa shape index (κ1) is 17.7. The summed E-state index contributed by atoms with van der Waals surface area (Å²) in [4.78, 5) is 28.6. The zero-order chi connectivity index (χ0) is 18.7. The molecule has 0 aliphatic carbocycles. The molecule has 0 aliphatic heterocycles. The third-order valence-electron chi connectivity index (χ3n) is 4.48. The number of hydrogen-bond donors (Lipinski definition) is 2. The highest BCUT2D eigenvalue weighted by Gasteiger charge is 2.12. The number of nitrogens with one attached hydrogen (secondary N) is 2. The lowest BCUT2D eigenvalue weighted by Crippen LogP contribution is -2.43. The second-order valence-corrected chi connectivity index (χ2v) is 6.44. The van der Waals surface area contributed by atoms with E-state index in [2.05, 4.69) is 15.8 Å². The lowest BCUT2D eigenvalue weighted by Gasteiger charge is -2.09. The summed E-state index contributed by atoms with van der Waals surface area (Å²) < 4.78 is 1.88. The lowest BCUT2D eigenvalue weighted by molar-refractivity contribution is -0.128. The molecule has 3 aromatic rings. The van der Waals surface area contributed by atoms with Crippen molar-refractivity contribution >= 4 is 22.8 Å². The molecule has 0 atom stereocenters. The fraction of sp³-hybridized carbons (Fsp3) is 0.250. The Hall–Kier alpha value is -3.15. The fourth-order valence-corrected chi connectivity index (χ4v) is 2.82. The minimum absolute atomic E-state index is 0.0924.